The van der Waals surface area contributed by atoms with Crippen molar-refractivity contribution >= 4 is 35.8 Å². The van der Waals surface area contributed by atoms with E-state index in [-0.39, 0.29) is 29.9 Å². The molecule has 0 aromatic heterocycles. The van der Waals surface area contributed by atoms with E-state index in [4.69, 9.17) is 9.47 Å². The summed E-state index contributed by atoms with van der Waals surface area (Å²) < 4.78 is 10.1. The van der Waals surface area contributed by atoms with Crippen molar-refractivity contribution in [3.8, 4) is 5.75 Å². The van der Waals surface area contributed by atoms with Gasteiger partial charge in [-0.25, -0.2) is 0 Å². The van der Waals surface area contributed by atoms with Crippen LogP contribution in [0.3, 0.4) is 0 Å². The molecule has 0 saturated heterocycles. The van der Waals surface area contributed by atoms with E-state index in [1.54, 1.807) is 38.5 Å². The molecule has 25 heavy (non-hydrogen) atoms. The maximum atomic E-state index is 12.1. The Morgan fingerprint density at radius 1 is 1.16 bits per heavy atom. The zero-order valence-corrected chi connectivity index (χ0v) is 17.5. The molecule has 1 rings (SSSR count). The molecule has 1 aromatic carbocycles. The molecule has 0 spiro atoms. The predicted octanol–water partition coefficient (Wildman–Crippen LogP) is 1.63. The number of ether oxygens (including phenoxy) is 2. The summed E-state index contributed by atoms with van der Waals surface area (Å²) in [4.78, 5) is 16.5. The molecule has 0 bridgehead atoms. The molecule has 0 aliphatic heterocycles. The molecule has 0 heterocycles. The summed E-state index contributed by atoms with van der Waals surface area (Å²) in [5, 5.41) is 9.21. The third-order valence-corrected chi connectivity index (χ3v) is 3.16. The van der Waals surface area contributed by atoms with Crippen molar-refractivity contribution in [3.63, 3.8) is 0 Å². The first-order valence-corrected chi connectivity index (χ1v) is 8.14. The smallest absolute Gasteiger partial charge is 0.251 e. The van der Waals surface area contributed by atoms with Crippen molar-refractivity contribution < 1.29 is 14.3 Å². The molecule has 0 atom stereocenters. The topological polar surface area (TPSA) is 84.0 Å². The van der Waals surface area contributed by atoms with Gasteiger partial charge < -0.3 is 25.4 Å². The number of hydrogen-bond acceptors (Lipinski definition) is 4. The zero-order valence-electron chi connectivity index (χ0n) is 15.1. The number of nitrogens with zero attached hydrogens (tertiary/aromatic N) is 1. The van der Waals surface area contributed by atoms with E-state index < -0.39 is 0 Å². The number of carbonyl (C=O) groups is 1. The highest BCUT2D eigenvalue weighted by molar-refractivity contribution is 14.0. The van der Waals surface area contributed by atoms with Crippen LogP contribution in [0.1, 0.15) is 23.7 Å². The number of guanidine groups is 1. The molecule has 0 radical (unpaired) electrons. The first-order valence-electron chi connectivity index (χ1n) is 8.14. The van der Waals surface area contributed by atoms with Crippen LogP contribution in [0.15, 0.2) is 29.3 Å². The van der Waals surface area contributed by atoms with Crippen LogP contribution in [-0.4, -0.2) is 58.9 Å². The Hall–Kier alpha value is -1.55. The van der Waals surface area contributed by atoms with Gasteiger partial charge in [0.15, 0.2) is 5.96 Å². The van der Waals surface area contributed by atoms with Crippen molar-refractivity contribution in [2.75, 3.05) is 47.0 Å². The van der Waals surface area contributed by atoms with E-state index in [9.17, 15) is 4.79 Å². The average molecular weight is 464 g/mol. The van der Waals surface area contributed by atoms with Gasteiger partial charge in [-0.15, -0.1) is 24.0 Å². The molecule has 7 nitrogen and oxygen atoms in total. The van der Waals surface area contributed by atoms with Gasteiger partial charge in [-0.3, -0.25) is 9.79 Å². The van der Waals surface area contributed by atoms with Gasteiger partial charge in [0.2, 0.25) is 0 Å². The number of benzene rings is 1. The predicted molar refractivity (Wildman–Crippen MR) is 111 cm³/mol. The lowest BCUT2D eigenvalue weighted by atomic mass is 10.2. The summed E-state index contributed by atoms with van der Waals surface area (Å²) in [7, 11) is 3.26. The number of aliphatic imine (C=N–C) groups is 1. The van der Waals surface area contributed by atoms with Crippen LogP contribution in [0.25, 0.3) is 0 Å². The quantitative estimate of drug-likeness (QED) is 0.212. The van der Waals surface area contributed by atoms with Gasteiger partial charge in [0, 0.05) is 45.5 Å². The normalized spacial score (nSPS) is 10.6. The molecule has 1 amide bonds. The van der Waals surface area contributed by atoms with Gasteiger partial charge in [-0.05, 0) is 31.5 Å². The third kappa shape index (κ3) is 10.1. The molecule has 142 valence electrons. The number of hydrogen-bond donors (Lipinski definition) is 3. The molecule has 0 unspecified atom stereocenters. The number of amides is 1. The highest BCUT2D eigenvalue weighted by atomic mass is 127. The first-order chi connectivity index (χ1) is 11.7. The Morgan fingerprint density at radius 3 is 2.60 bits per heavy atom. The lowest BCUT2D eigenvalue weighted by molar-refractivity contribution is 0.0954. The van der Waals surface area contributed by atoms with E-state index in [0.29, 0.717) is 37.6 Å². The second-order valence-electron chi connectivity index (χ2n) is 5.02. The molecular formula is C17H29IN4O3. The summed E-state index contributed by atoms with van der Waals surface area (Å²) >= 11 is 0. The lowest BCUT2D eigenvalue weighted by Gasteiger charge is -2.12. The summed E-state index contributed by atoms with van der Waals surface area (Å²) in [6.07, 6.45) is 0.875. The van der Waals surface area contributed by atoms with Gasteiger partial charge in [0.05, 0.1) is 7.11 Å². The molecule has 8 heteroatoms. The molecule has 0 aliphatic rings. The van der Waals surface area contributed by atoms with Crippen molar-refractivity contribution in [1.29, 1.82) is 0 Å². The minimum atomic E-state index is -0.127. The van der Waals surface area contributed by atoms with Crippen LogP contribution in [0.2, 0.25) is 0 Å². The minimum absolute atomic E-state index is 0. The Bertz CT molecular complexity index is 526. The van der Waals surface area contributed by atoms with E-state index in [0.717, 1.165) is 18.9 Å². The first kappa shape index (κ1) is 23.4. The maximum Gasteiger partial charge on any atom is 0.251 e. The van der Waals surface area contributed by atoms with E-state index in [1.807, 2.05) is 6.92 Å². The number of carbonyl (C=O) groups excluding carboxylic acids is 1. The van der Waals surface area contributed by atoms with E-state index >= 15 is 0 Å². The fourth-order valence-corrected chi connectivity index (χ4v) is 1.96. The Kier molecular flexibility index (Phi) is 13.8. The SMILES string of the molecule is CCNC(=NCCCOC)NCCNC(=O)c1cccc(OC)c1.I. The van der Waals surface area contributed by atoms with Crippen LogP contribution in [0.5, 0.6) is 5.75 Å². The maximum absolute atomic E-state index is 12.1. The number of rotatable bonds is 10. The Labute approximate surface area is 167 Å². The summed E-state index contributed by atoms with van der Waals surface area (Å²) in [6.45, 7) is 5.27. The molecule has 0 fully saturated rings. The van der Waals surface area contributed by atoms with Gasteiger partial charge >= 0.3 is 0 Å². The summed E-state index contributed by atoms with van der Waals surface area (Å²) in [6, 6.07) is 7.07. The molecule has 3 N–H and O–H groups in total. The van der Waals surface area contributed by atoms with Crippen LogP contribution in [0.4, 0.5) is 0 Å². The van der Waals surface area contributed by atoms with Gasteiger partial charge in [0.25, 0.3) is 5.91 Å². The third-order valence-electron chi connectivity index (χ3n) is 3.16. The Morgan fingerprint density at radius 2 is 1.92 bits per heavy atom. The van der Waals surface area contributed by atoms with Crippen molar-refractivity contribution in [2.45, 2.75) is 13.3 Å². The summed E-state index contributed by atoms with van der Waals surface area (Å²) in [5.74, 6) is 1.28. The van der Waals surface area contributed by atoms with Crippen LogP contribution in [0, 0.1) is 0 Å². The second kappa shape index (κ2) is 14.8. The standard InChI is InChI=1S/C17H28N4O3.HI/c1-4-18-17(20-9-6-12-23-2)21-11-10-19-16(22)14-7-5-8-15(13-14)24-3;/h5,7-8,13H,4,6,9-12H2,1-3H3,(H,19,22)(H2,18,20,21);1H. The van der Waals surface area contributed by atoms with Gasteiger partial charge in [-0.1, -0.05) is 6.07 Å². The van der Waals surface area contributed by atoms with Crippen LogP contribution in [-0.2, 0) is 4.74 Å². The molecule has 0 saturated carbocycles. The largest absolute Gasteiger partial charge is 0.497 e. The second-order valence-corrected chi connectivity index (χ2v) is 5.02. The van der Waals surface area contributed by atoms with E-state index in [2.05, 4.69) is 20.9 Å². The number of halogens is 1. The highest BCUT2D eigenvalue weighted by Crippen LogP contribution is 2.11. The lowest BCUT2D eigenvalue weighted by Crippen LogP contribution is -2.41. The van der Waals surface area contributed by atoms with Crippen LogP contribution >= 0.6 is 24.0 Å². The fraction of sp³-hybridized carbons (Fsp3) is 0.529. The number of nitrogens with one attached hydrogen (secondary N) is 3. The fourth-order valence-electron chi connectivity index (χ4n) is 1.96. The zero-order chi connectivity index (χ0) is 17.6. The van der Waals surface area contributed by atoms with Crippen molar-refractivity contribution in [3.05, 3.63) is 29.8 Å². The highest BCUT2D eigenvalue weighted by Gasteiger charge is 2.05. The summed E-state index contributed by atoms with van der Waals surface area (Å²) in [5.41, 5.74) is 0.578. The monoisotopic (exact) mass is 464 g/mol. The average Bonchev–Trinajstić information content (AvgIpc) is 2.62. The number of methoxy groups -OCH3 is 2. The molecule has 1 aromatic rings. The van der Waals surface area contributed by atoms with Crippen molar-refractivity contribution in [1.82, 2.24) is 16.0 Å². The Balaban J connectivity index is 0.00000576. The molecular weight excluding hydrogens is 435 g/mol. The van der Waals surface area contributed by atoms with Crippen molar-refractivity contribution in [2.24, 2.45) is 4.99 Å². The van der Waals surface area contributed by atoms with Crippen LogP contribution < -0.4 is 20.7 Å². The van der Waals surface area contributed by atoms with E-state index in [1.165, 1.54) is 0 Å². The minimum Gasteiger partial charge on any atom is -0.497 e. The molecule has 0 aliphatic carbocycles. The van der Waals surface area contributed by atoms with Gasteiger partial charge in [0.1, 0.15) is 5.75 Å². The van der Waals surface area contributed by atoms with Gasteiger partial charge in [-0.2, -0.15) is 0 Å².